The van der Waals surface area contributed by atoms with Gasteiger partial charge in [-0.15, -0.1) is 10.2 Å². The minimum atomic E-state index is 0.951. The summed E-state index contributed by atoms with van der Waals surface area (Å²) in [4.78, 5) is 0. The lowest BCUT2D eigenvalue weighted by Crippen LogP contribution is -1.99. The zero-order chi connectivity index (χ0) is 14.8. The Morgan fingerprint density at radius 2 is 1.41 bits per heavy atom. The van der Waals surface area contributed by atoms with E-state index in [0.717, 1.165) is 35.2 Å². The molecule has 0 amide bonds. The molecule has 0 fully saturated rings. The Kier molecular flexibility index (Phi) is 3.28. The summed E-state index contributed by atoms with van der Waals surface area (Å²) in [5, 5.41) is 11.4. The van der Waals surface area contributed by atoms with Crippen molar-refractivity contribution < 1.29 is 0 Å². The van der Waals surface area contributed by atoms with Gasteiger partial charge in [0.05, 0.1) is 5.69 Å². The summed E-state index contributed by atoms with van der Waals surface area (Å²) in [5.74, 6) is 0. The van der Waals surface area contributed by atoms with Gasteiger partial charge in [-0.1, -0.05) is 72.8 Å². The molecule has 1 heterocycles. The van der Waals surface area contributed by atoms with E-state index in [9.17, 15) is 0 Å². The molecule has 0 unspecified atom stereocenters. The van der Waals surface area contributed by atoms with E-state index < -0.39 is 0 Å². The van der Waals surface area contributed by atoms with E-state index in [2.05, 4.69) is 64.8 Å². The number of hydrogen-bond donors (Lipinski definition) is 0. The van der Waals surface area contributed by atoms with Crippen LogP contribution < -0.4 is 0 Å². The van der Waals surface area contributed by atoms with Crippen LogP contribution in [0.15, 0.2) is 72.8 Å². The van der Waals surface area contributed by atoms with E-state index in [1.54, 1.807) is 0 Å². The molecule has 2 aromatic carbocycles. The van der Waals surface area contributed by atoms with Crippen molar-refractivity contribution in [3.63, 3.8) is 0 Å². The predicted molar refractivity (Wildman–Crippen MR) is 91.3 cm³/mol. The van der Waals surface area contributed by atoms with Gasteiger partial charge in [0.15, 0.2) is 0 Å². The van der Waals surface area contributed by atoms with Crippen molar-refractivity contribution in [3.05, 3.63) is 78.5 Å². The molecule has 2 nitrogen and oxygen atoms in total. The van der Waals surface area contributed by atoms with E-state index in [4.69, 9.17) is 0 Å². The van der Waals surface area contributed by atoms with E-state index in [1.807, 2.05) is 18.2 Å². The van der Waals surface area contributed by atoms with Crippen LogP contribution in [0, 0.1) is 0 Å². The molecule has 0 saturated carbocycles. The highest BCUT2D eigenvalue weighted by Crippen LogP contribution is 2.32. The minimum absolute atomic E-state index is 0.951. The van der Waals surface area contributed by atoms with Crippen LogP contribution in [0.25, 0.3) is 27.6 Å². The van der Waals surface area contributed by atoms with Gasteiger partial charge >= 0.3 is 0 Å². The average molecular weight is 284 g/mol. The van der Waals surface area contributed by atoms with Crippen molar-refractivity contribution in [2.24, 2.45) is 0 Å². The molecule has 1 aliphatic carbocycles. The predicted octanol–water partition coefficient (Wildman–Crippen LogP) is 5.03. The number of rotatable bonds is 2. The smallest absolute Gasteiger partial charge is 0.101 e. The van der Waals surface area contributed by atoms with Crippen molar-refractivity contribution >= 4 is 16.3 Å². The summed E-state index contributed by atoms with van der Waals surface area (Å²) in [6, 6.07) is 18.7. The Hall–Kier alpha value is -2.74. The molecule has 4 rings (SSSR count). The average Bonchev–Trinajstić information content (AvgIpc) is 2.62. The van der Waals surface area contributed by atoms with Gasteiger partial charge in [-0.3, -0.25) is 0 Å². The monoisotopic (exact) mass is 284 g/mol. The highest BCUT2D eigenvalue weighted by molar-refractivity contribution is 5.99. The summed E-state index contributed by atoms with van der Waals surface area (Å²) in [6.07, 6.45) is 8.56. The van der Waals surface area contributed by atoms with Gasteiger partial charge in [-0.25, -0.2) is 0 Å². The molecule has 22 heavy (non-hydrogen) atoms. The maximum atomic E-state index is 4.55. The number of allylic oxidation sites excluding steroid dienone is 4. The van der Waals surface area contributed by atoms with Crippen LogP contribution in [0.4, 0.5) is 0 Å². The second-order valence-corrected chi connectivity index (χ2v) is 5.47. The maximum absolute atomic E-state index is 4.55. The quantitative estimate of drug-likeness (QED) is 0.659. The van der Waals surface area contributed by atoms with Gasteiger partial charge in [0.25, 0.3) is 0 Å². The lowest BCUT2D eigenvalue weighted by Gasteiger charge is -2.13. The number of nitrogens with zero attached hydrogens (tertiary/aromatic N) is 2. The molecule has 106 valence electrons. The molecular weight excluding hydrogens is 268 g/mol. The maximum Gasteiger partial charge on any atom is 0.101 e. The molecule has 0 bridgehead atoms. The Labute approximate surface area is 129 Å². The summed E-state index contributed by atoms with van der Waals surface area (Å²) in [6.45, 7) is 0. The highest BCUT2D eigenvalue weighted by Gasteiger charge is 2.13. The molecule has 0 spiro atoms. The highest BCUT2D eigenvalue weighted by atomic mass is 15.1. The first kappa shape index (κ1) is 13.0. The van der Waals surface area contributed by atoms with E-state index in [-0.39, 0.29) is 0 Å². The molecular formula is C20H16N2. The van der Waals surface area contributed by atoms with E-state index in [0.29, 0.717) is 0 Å². The van der Waals surface area contributed by atoms with Crippen LogP contribution >= 0.6 is 0 Å². The Morgan fingerprint density at radius 3 is 2.14 bits per heavy atom. The van der Waals surface area contributed by atoms with Crippen molar-refractivity contribution in [1.29, 1.82) is 0 Å². The van der Waals surface area contributed by atoms with Crippen molar-refractivity contribution in [3.8, 4) is 11.3 Å². The number of hydrogen-bond acceptors (Lipinski definition) is 2. The van der Waals surface area contributed by atoms with Crippen LogP contribution in [0.1, 0.15) is 18.5 Å². The van der Waals surface area contributed by atoms with Gasteiger partial charge in [0.1, 0.15) is 5.69 Å². The molecule has 0 atom stereocenters. The van der Waals surface area contributed by atoms with Gasteiger partial charge in [0.2, 0.25) is 0 Å². The zero-order valence-corrected chi connectivity index (χ0v) is 12.2. The van der Waals surface area contributed by atoms with Crippen LogP contribution in [0.2, 0.25) is 0 Å². The summed E-state index contributed by atoms with van der Waals surface area (Å²) in [7, 11) is 0. The second kappa shape index (κ2) is 5.57. The Morgan fingerprint density at radius 1 is 0.727 bits per heavy atom. The van der Waals surface area contributed by atoms with Gasteiger partial charge < -0.3 is 0 Å². The number of aromatic nitrogens is 2. The molecule has 3 aromatic rings. The molecule has 1 aromatic heterocycles. The SMILES string of the molecule is C1=CCCC(c2nnc(-c3ccccc3)c3ccccc23)=C1. The van der Waals surface area contributed by atoms with Gasteiger partial charge in [0, 0.05) is 16.3 Å². The Bertz CT molecular complexity index is 877. The summed E-state index contributed by atoms with van der Waals surface area (Å²) < 4.78 is 0. The van der Waals surface area contributed by atoms with Crippen molar-refractivity contribution in [1.82, 2.24) is 10.2 Å². The van der Waals surface area contributed by atoms with Crippen LogP contribution in [0.5, 0.6) is 0 Å². The van der Waals surface area contributed by atoms with E-state index in [1.165, 1.54) is 11.0 Å². The zero-order valence-electron chi connectivity index (χ0n) is 12.2. The Balaban J connectivity index is 1.96. The third-order valence-electron chi connectivity index (χ3n) is 4.05. The topological polar surface area (TPSA) is 25.8 Å². The third kappa shape index (κ3) is 2.23. The van der Waals surface area contributed by atoms with Crippen molar-refractivity contribution in [2.75, 3.05) is 0 Å². The fraction of sp³-hybridized carbons (Fsp3) is 0.100. The molecule has 0 saturated heterocycles. The minimum Gasteiger partial charge on any atom is -0.150 e. The molecule has 1 aliphatic rings. The normalized spacial score (nSPS) is 14.1. The lowest BCUT2D eigenvalue weighted by molar-refractivity contribution is 0.991. The largest absolute Gasteiger partial charge is 0.150 e. The fourth-order valence-corrected chi connectivity index (χ4v) is 2.95. The number of benzene rings is 2. The summed E-state index contributed by atoms with van der Waals surface area (Å²) >= 11 is 0. The van der Waals surface area contributed by atoms with Crippen LogP contribution in [-0.4, -0.2) is 10.2 Å². The molecule has 0 aliphatic heterocycles. The fourth-order valence-electron chi connectivity index (χ4n) is 2.95. The second-order valence-electron chi connectivity index (χ2n) is 5.47. The first-order chi connectivity index (χ1) is 10.9. The lowest BCUT2D eigenvalue weighted by atomic mass is 9.96. The van der Waals surface area contributed by atoms with Gasteiger partial charge in [-0.2, -0.15) is 0 Å². The van der Waals surface area contributed by atoms with Crippen LogP contribution in [0.3, 0.4) is 0 Å². The third-order valence-corrected chi connectivity index (χ3v) is 4.05. The summed E-state index contributed by atoms with van der Waals surface area (Å²) in [5.41, 5.74) is 4.34. The number of fused-ring (bicyclic) bond motifs is 1. The first-order valence-electron chi connectivity index (χ1n) is 7.60. The molecule has 0 N–H and O–H groups in total. The molecule has 2 heteroatoms. The van der Waals surface area contributed by atoms with E-state index >= 15 is 0 Å². The standard InChI is InChI=1S/C20H16N2/c1-3-9-15(10-4-1)19-17-13-7-8-14-18(17)20(22-21-19)16-11-5-2-6-12-16/h1-5,7-11,13-14H,6,12H2. The first-order valence-corrected chi connectivity index (χ1v) is 7.60. The van der Waals surface area contributed by atoms with Gasteiger partial charge in [-0.05, 0) is 18.4 Å². The molecule has 0 radical (unpaired) electrons. The van der Waals surface area contributed by atoms with Crippen LogP contribution in [-0.2, 0) is 0 Å². The van der Waals surface area contributed by atoms with Crippen molar-refractivity contribution in [2.45, 2.75) is 12.8 Å².